The summed E-state index contributed by atoms with van der Waals surface area (Å²) in [6, 6.07) is 18.1. The number of thiophene rings is 1. The fourth-order valence-corrected chi connectivity index (χ4v) is 6.78. The van der Waals surface area contributed by atoms with Gasteiger partial charge in [-0.05, 0) is 64.3 Å². The van der Waals surface area contributed by atoms with Crippen LogP contribution in [0.15, 0.2) is 78.2 Å². The number of amides is 4. The number of fused-ring (bicyclic) bond motifs is 11. The van der Waals surface area contributed by atoms with Gasteiger partial charge in [0.1, 0.15) is 17.7 Å². The lowest BCUT2D eigenvalue weighted by Gasteiger charge is -2.34. The topological polar surface area (TPSA) is 149 Å². The largest absolute Gasteiger partial charge is 0.453 e. The molecule has 11 nitrogen and oxygen atoms in total. The third-order valence-corrected chi connectivity index (χ3v) is 10.0. The van der Waals surface area contributed by atoms with Crippen LogP contribution in [0.3, 0.4) is 0 Å². The van der Waals surface area contributed by atoms with Crippen molar-refractivity contribution in [3.8, 4) is 10.4 Å². The second kappa shape index (κ2) is 18.3. The Balaban J connectivity index is 1.58. The number of nitrogens with zero attached hydrogens (tertiary/aromatic N) is 1. The molecular formula is C40H53N5O6S. The molecule has 280 valence electrons. The number of methoxy groups -OCH3 is 1. The van der Waals surface area contributed by atoms with Crippen LogP contribution < -0.4 is 21.4 Å². The van der Waals surface area contributed by atoms with Crippen molar-refractivity contribution in [1.29, 1.82) is 0 Å². The van der Waals surface area contributed by atoms with Crippen molar-refractivity contribution in [2.24, 2.45) is 11.3 Å². The van der Waals surface area contributed by atoms with Crippen molar-refractivity contribution < 1.29 is 29.0 Å². The number of ether oxygens (including phenoxy) is 1. The lowest BCUT2D eigenvalue weighted by atomic mass is 9.86. The SMILES string of the molecule is COC(=O)N[C@H](C(=O)NN(CCC[C@@]1(O)Cc2ccc(cc2)C/C=C\CNC(=O)[C@H](C(C)C)NC1=O)Cc1ccc(-c2cccs2)cc1)C(C)(C)C. The molecule has 2 aliphatic heterocycles. The van der Waals surface area contributed by atoms with E-state index in [1.165, 1.54) is 7.11 Å². The predicted octanol–water partition coefficient (Wildman–Crippen LogP) is 5.14. The van der Waals surface area contributed by atoms with Gasteiger partial charge >= 0.3 is 6.09 Å². The summed E-state index contributed by atoms with van der Waals surface area (Å²) in [5.74, 6) is -1.61. The summed E-state index contributed by atoms with van der Waals surface area (Å²) in [5, 5.41) is 24.2. The van der Waals surface area contributed by atoms with E-state index < -0.39 is 41.0 Å². The van der Waals surface area contributed by atoms with E-state index in [-0.39, 0.29) is 31.2 Å². The van der Waals surface area contributed by atoms with Gasteiger partial charge in [0, 0.05) is 30.9 Å². The number of alkyl carbamates (subject to hydrolysis) is 1. The first-order chi connectivity index (χ1) is 24.7. The summed E-state index contributed by atoms with van der Waals surface area (Å²) in [7, 11) is 1.24. The molecule has 5 rings (SSSR count). The van der Waals surface area contributed by atoms with Gasteiger partial charge in [0.2, 0.25) is 5.91 Å². The average molecular weight is 732 g/mol. The Hall–Kier alpha value is -4.52. The number of benzene rings is 2. The van der Waals surface area contributed by atoms with Gasteiger partial charge in [0.15, 0.2) is 0 Å². The normalized spacial score (nSPS) is 19.6. The van der Waals surface area contributed by atoms with Crippen LogP contribution in [0, 0.1) is 11.3 Å². The molecule has 52 heavy (non-hydrogen) atoms. The van der Waals surface area contributed by atoms with Crippen LogP contribution in [0.25, 0.3) is 10.4 Å². The van der Waals surface area contributed by atoms with Crippen LogP contribution in [-0.4, -0.2) is 71.8 Å². The highest BCUT2D eigenvalue weighted by molar-refractivity contribution is 7.13. The van der Waals surface area contributed by atoms with Gasteiger partial charge in [-0.25, -0.2) is 9.80 Å². The van der Waals surface area contributed by atoms with Gasteiger partial charge in [-0.1, -0.05) is 101 Å². The van der Waals surface area contributed by atoms with Crippen LogP contribution in [0.1, 0.15) is 64.2 Å². The molecule has 0 spiro atoms. The second-order valence-electron chi connectivity index (χ2n) is 14.8. The third kappa shape index (κ3) is 11.5. The molecule has 5 N–H and O–H groups in total. The Morgan fingerprint density at radius 1 is 1.04 bits per heavy atom. The van der Waals surface area contributed by atoms with E-state index in [9.17, 15) is 24.3 Å². The summed E-state index contributed by atoms with van der Waals surface area (Å²) >= 11 is 1.65. The van der Waals surface area contributed by atoms with Gasteiger partial charge in [0.25, 0.3) is 11.8 Å². The van der Waals surface area contributed by atoms with E-state index in [4.69, 9.17) is 4.74 Å². The van der Waals surface area contributed by atoms with E-state index in [2.05, 4.69) is 27.4 Å². The maximum absolute atomic E-state index is 14.0. The minimum Gasteiger partial charge on any atom is -0.453 e. The quantitative estimate of drug-likeness (QED) is 0.136. The molecule has 3 heterocycles. The van der Waals surface area contributed by atoms with Crippen molar-refractivity contribution in [1.82, 2.24) is 26.4 Å². The Morgan fingerprint density at radius 3 is 2.35 bits per heavy atom. The summed E-state index contributed by atoms with van der Waals surface area (Å²) in [4.78, 5) is 54.1. The fraction of sp³-hybridized carbons (Fsp3) is 0.450. The number of hydrogen-bond donors (Lipinski definition) is 5. The smallest absolute Gasteiger partial charge is 0.407 e. The van der Waals surface area contributed by atoms with Crippen molar-refractivity contribution in [3.05, 3.63) is 94.9 Å². The monoisotopic (exact) mass is 731 g/mol. The number of aliphatic hydroxyl groups is 1. The fourth-order valence-electron chi connectivity index (χ4n) is 6.04. The number of nitrogens with one attached hydrogen (secondary N) is 4. The van der Waals surface area contributed by atoms with E-state index in [1.54, 1.807) is 16.3 Å². The highest BCUT2D eigenvalue weighted by Crippen LogP contribution is 2.26. The van der Waals surface area contributed by atoms with Gasteiger partial charge in [0.05, 0.1) is 7.11 Å². The maximum Gasteiger partial charge on any atom is 0.407 e. The molecule has 2 aliphatic rings. The summed E-state index contributed by atoms with van der Waals surface area (Å²) < 4.78 is 4.79. The number of hydrogen-bond acceptors (Lipinski definition) is 8. The average Bonchev–Trinajstić information content (AvgIpc) is 3.64. The van der Waals surface area contributed by atoms with Crippen molar-refractivity contribution in [2.75, 3.05) is 20.2 Å². The number of carbonyl (C=O) groups excluding carboxylic acids is 4. The standard InChI is InChI=1S/C40H53N5O6S/c1-27(2)33-35(46)41-22-8-7-11-28-13-15-29(16-14-28)25-40(50,37(48)42-33)21-10-23-45(44-36(47)34(39(3,4)5)43-38(49)51-6)26-30-17-19-31(20-18-30)32-12-9-24-52-32/h7-9,12-20,24,27,33-34,50H,10-11,21-23,25-26H2,1-6H3,(H,41,46)(H,42,48)(H,43,49)(H,44,47)/b8-7-/t33-,34+,40+/m0/s1. The van der Waals surface area contributed by atoms with Crippen LogP contribution in [-0.2, 0) is 38.5 Å². The van der Waals surface area contributed by atoms with E-state index in [0.717, 1.165) is 27.1 Å². The lowest BCUT2D eigenvalue weighted by molar-refractivity contribution is -0.144. The van der Waals surface area contributed by atoms with Gasteiger partial charge < -0.3 is 25.8 Å². The highest BCUT2D eigenvalue weighted by Gasteiger charge is 2.39. The van der Waals surface area contributed by atoms with E-state index in [0.29, 0.717) is 25.9 Å². The number of hydrazine groups is 1. The minimum absolute atomic E-state index is 0.0348. The van der Waals surface area contributed by atoms with Crippen LogP contribution >= 0.6 is 11.3 Å². The molecule has 0 unspecified atom stereocenters. The Bertz CT molecular complexity index is 1670. The van der Waals surface area contributed by atoms with E-state index >= 15 is 0 Å². The molecule has 3 atom stereocenters. The van der Waals surface area contributed by atoms with Crippen molar-refractivity contribution in [2.45, 2.75) is 84.5 Å². The first-order valence-electron chi connectivity index (χ1n) is 17.7. The Labute approximate surface area is 311 Å². The Kier molecular flexibility index (Phi) is 14.2. The first kappa shape index (κ1) is 40.3. The zero-order valence-corrected chi connectivity index (χ0v) is 31.8. The predicted molar refractivity (Wildman–Crippen MR) is 204 cm³/mol. The highest BCUT2D eigenvalue weighted by atomic mass is 32.1. The Morgan fingerprint density at radius 2 is 1.73 bits per heavy atom. The molecule has 12 heteroatoms. The van der Waals surface area contributed by atoms with Gasteiger partial charge in [-0.15, -0.1) is 11.3 Å². The summed E-state index contributed by atoms with van der Waals surface area (Å²) in [5.41, 5.74) is 4.35. The minimum atomic E-state index is -1.86. The van der Waals surface area contributed by atoms with Gasteiger partial charge in [-0.2, -0.15) is 0 Å². The van der Waals surface area contributed by atoms with Crippen molar-refractivity contribution in [3.63, 3.8) is 0 Å². The van der Waals surface area contributed by atoms with Crippen LogP contribution in [0.5, 0.6) is 0 Å². The van der Waals surface area contributed by atoms with Crippen LogP contribution in [0.4, 0.5) is 4.79 Å². The number of carbonyl (C=O) groups is 4. The molecule has 4 amide bonds. The maximum atomic E-state index is 14.0. The van der Waals surface area contributed by atoms with Gasteiger partial charge in [-0.3, -0.25) is 19.8 Å². The molecule has 0 saturated carbocycles. The molecule has 0 fully saturated rings. The number of rotatable bonds is 11. The molecule has 3 aromatic rings. The van der Waals surface area contributed by atoms with E-state index in [1.807, 2.05) is 107 Å². The first-order valence-corrected chi connectivity index (χ1v) is 18.6. The third-order valence-electron chi connectivity index (χ3n) is 9.09. The van der Waals surface area contributed by atoms with Crippen molar-refractivity contribution >= 4 is 35.2 Å². The number of allylic oxidation sites excluding steroid dienone is 1. The molecule has 2 bridgehead atoms. The zero-order chi connectivity index (χ0) is 37.9. The molecule has 0 radical (unpaired) electrons. The molecule has 0 aliphatic carbocycles. The molecule has 2 aromatic carbocycles. The molecule has 1 aromatic heterocycles. The molecular weight excluding hydrogens is 679 g/mol. The summed E-state index contributed by atoms with van der Waals surface area (Å²) in [6.45, 7) is 10.1. The zero-order valence-electron chi connectivity index (χ0n) is 31.0. The summed E-state index contributed by atoms with van der Waals surface area (Å²) in [6.07, 6.45) is 4.23. The molecule has 0 saturated heterocycles. The second-order valence-corrected chi connectivity index (χ2v) is 15.7. The van der Waals surface area contributed by atoms with Crippen LogP contribution in [0.2, 0.25) is 0 Å². The lowest BCUT2D eigenvalue weighted by Crippen LogP contribution is -2.58.